The van der Waals surface area contributed by atoms with Crippen LogP contribution in [0, 0.1) is 19.8 Å². The largest absolute Gasteiger partial charge is 0.396 e. The Kier molecular flexibility index (Phi) is 7.53. The van der Waals surface area contributed by atoms with E-state index < -0.39 is 0 Å². The van der Waals surface area contributed by atoms with Crippen molar-refractivity contribution >= 4 is 39.0 Å². The number of anilines is 1. The second kappa shape index (κ2) is 9.92. The van der Waals surface area contributed by atoms with E-state index in [2.05, 4.69) is 77.6 Å². The topological polar surface area (TPSA) is 54.2 Å². The van der Waals surface area contributed by atoms with Crippen LogP contribution >= 0.6 is 15.9 Å². The smallest absolute Gasteiger partial charge is 0.150 e. The Bertz CT molecular complexity index is 996. The molecule has 162 valence electrons. The normalized spacial score (nSPS) is 18.2. The fraction of sp³-hybridized carbons (Fsp3) is 0.500. The van der Waals surface area contributed by atoms with Crippen LogP contribution in [-0.4, -0.2) is 39.3 Å². The van der Waals surface area contributed by atoms with Gasteiger partial charge in [0.15, 0.2) is 0 Å². The molecule has 1 saturated heterocycles. The first-order valence-electron chi connectivity index (χ1n) is 10.7. The van der Waals surface area contributed by atoms with Crippen LogP contribution in [0.3, 0.4) is 0 Å². The summed E-state index contributed by atoms with van der Waals surface area (Å²) < 4.78 is 3.17. The number of aliphatic hydroxyl groups is 1. The van der Waals surface area contributed by atoms with E-state index in [1.807, 2.05) is 6.92 Å². The monoisotopic (exact) mass is 472 g/mol. The third-order valence-electron chi connectivity index (χ3n) is 5.44. The van der Waals surface area contributed by atoms with Crippen LogP contribution in [0.25, 0.3) is 17.2 Å². The average Bonchev–Trinajstić information content (AvgIpc) is 2.96. The van der Waals surface area contributed by atoms with Crippen LogP contribution in [0.5, 0.6) is 0 Å². The zero-order valence-corrected chi connectivity index (χ0v) is 20.3. The highest BCUT2D eigenvalue weighted by Crippen LogP contribution is 2.32. The SMILES string of the molecule is CC(C)=C/C(Br)=C\C(C)=C\n1cc(C)c2c(N3CCCC(CCO)C3)nc(C)nc21. The summed E-state index contributed by atoms with van der Waals surface area (Å²) in [5, 5.41) is 10.5. The minimum atomic E-state index is 0.256. The van der Waals surface area contributed by atoms with Crippen molar-refractivity contribution in [3.05, 3.63) is 45.4 Å². The second-order valence-electron chi connectivity index (χ2n) is 8.60. The summed E-state index contributed by atoms with van der Waals surface area (Å²) in [6.07, 6.45) is 11.7. The van der Waals surface area contributed by atoms with Gasteiger partial charge in [-0.25, -0.2) is 9.97 Å². The lowest BCUT2D eigenvalue weighted by Crippen LogP contribution is -2.36. The molecule has 3 rings (SSSR count). The molecule has 1 fully saturated rings. The number of allylic oxidation sites excluding steroid dienone is 5. The summed E-state index contributed by atoms with van der Waals surface area (Å²) in [6, 6.07) is 0. The molecule has 1 aliphatic rings. The average molecular weight is 473 g/mol. The van der Waals surface area contributed by atoms with E-state index in [-0.39, 0.29) is 6.61 Å². The summed E-state index contributed by atoms with van der Waals surface area (Å²) in [4.78, 5) is 12.0. The highest BCUT2D eigenvalue weighted by Gasteiger charge is 2.24. The number of hydrogen-bond donors (Lipinski definition) is 1. The van der Waals surface area contributed by atoms with Gasteiger partial charge in [0.2, 0.25) is 0 Å². The van der Waals surface area contributed by atoms with Gasteiger partial charge in [0.05, 0.1) is 5.39 Å². The molecule has 0 aromatic carbocycles. The van der Waals surface area contributed by atoms with Gasteiger partial charge in [0, 0.05) is 36.6 Å². The van der Waals surface area contributed by atoms with Gasteiger partial charge in [-0.2, -0.15) is 0 Å². The van der Waals surface area contributed by atoms with Crippen LogP contribution in [0.2, 0.25) is 0 Å². The van der Waals surface area contributed by atoms with Crippen molar-refractivity contribution in [2.45, 2.75) is 53.9 Å². The van der Waals surface area contributed by atoms with E-state index in [9.17, 15) is 5.11 Å². The molecular formula is C24H33BrN4O. The number of piperidine rings is 1. The van der Waals surface area contributed by atoms with Crippen LogP contribution in [-0.2, 0) is 0 Å². The van der Waals surface area contributed by atoms with Crippen LogP contribution in [0.15, 0.2) is 34.0 Å². The lowest BCUT2D eigenvalue weighted by atomic mass is 9.95. The van der Waals surface area contributed by atoms with Gasteiger partial charge in [-0.05, 0) is 83.1 Å². The van der Waals surface area contributed by atoms with Gasteiger partial charge in [-0.3, -0.25) is 0 Å². The summed E-state index contributed by atoms with van der Waals surface area (Å²) in [5.41, 5.74) is 4.52. The summed E-state index contributed by atoms with van der Waals surface area (Å²) in [7, 11) is 0. The number of fused-ring (bicyclic) bond motifs is 1. The Morgan fingerprint density at radius 2 is 2.00 bits per heavy atom. The van der Waals surface area contributed by atoms with E-state index in [4.69, 9.17) is 9.97 Å². The first kappa shape index (κ1) is 22.8. The third kappa shape index (κ3) is 5.41. The van der Waals surface area contributed by atoms with E-state index in [1.165, 1.54) is 17.6 Å². The van der Waals surface area contributed by atoms with Gasteiger partial charge < -0.3 is 14.6 Å². The number of halogens is 1. The first-order valence-corrected chi connectivity index (χ1v) is 11.5. The Hall–Kier alpha value is -1.92. The predicted molar refractivity (Wildman–Crippen MR) is 130 cm³/mol. The lowest BCUT2D eigenvalue weighted by Gasteiger charge is -2.34. The number of hydrogen-bond acceptors (Lipinski definition) is 4. The fourth-order valence-electron chi connectivity index (χ4n) is 4.21. The van der Waals surface area contributed by atoms with Gasteiger partial charge >= 0.3 is 0 Å². The molecule has 3 heterocycles. The van der Waals surface area contributed by atoms with Crippen molar-refractivity contribution in [3.8, 4) is 0 Å². The van der Waals surface area contributed by atoms with Crippen LogP contribution < -0.4 is 4.90 Å². The molecule has 0 spiro atoms. The van der Waals surface area contributed by atoms with Gasteiger partial charge in [-0.15, -0.1) is 0 Å². The van der Waals surface area contributed by atoms with Gasteiger partial charge in [0.1, 0.15) is 17.3 Å². The number of aryl methyl sites for hydroxylation is 2. The number of aromatic nitrogens is 3. The van der Waals surface area contributed by atoms with Crippen molar-refractivity contribution in [1.82, 2.24) is 14.5 Å². The predicted octanol–water partition coefficient (Wildman–Crippen LogP) is 5.75. The van der Waals surface area contributed by atoms with Gasteiger partial charge in [-0.1, -0.05) is 21.5 Å². The van der Waals surface area contributed by atoms with E-state index in [1.54, 1.807) is 0 Å². The molecule has 2 aromatic heterocycles. The maximum Gasteiger partial charge on any atom is 0.150 e. The first-order chi connectivity index (χ1) is 14.3. The number of nitrogens with zero attached hydrogens (tertiary/aromatic N) is 4. The highest BCUT2D eigenvalue weighted by atomic mass is 79.9. The quantitative estimate of drug-likeness (QED) is 0.543. The molecule has 6 heteroatoms. The summed E-state index contributed by atoms with van der Waals surface area (Å²) >= 11 is 3.63. The minimum absolute atomic E-state index is 0.256. The molecule has 2 aromatic rings. The minimum Gasteiger partial charge on any atom is -0.396 e. The molecule has 0 aliphatic carbocycles. The zero-order valence-electron chi connectivity index (χ0n) is 18.7. The Morgan fingerprint density at radius 1 is 1.23 bits per heavy atom. The zero-order chi connectivity index (χ0) is 21.8. The Balaban J connectivity index is 2.02. The van der Waals surface area contributed by atoms with E-state index in [0.717, 1.165) is 58.7 Å². The van der Waals surface area contributed by atoms with Gasteiger partial charge in [0.25, 0.3) is 0 Å². The highest BCUT2D eigenvalue weighted by molar-refractivity contribution is 9.11. The molecule has 0 amide bonds. The molecule has 0 radical (unpaired) electrons. The number of rotatable bonds is 6. The van der Waals surface area contributed by atoms with Crippen molar-refractivity contribution in [2.24, 2.45) is 5.92 Å². The van der Waals surface area contributed by atoms with Crippen molar-refractivity contribution in [2.75, 3.05) is 24.6 Å². The second-order valence-corrected chi connectivity index (χ2v) is 9.52. The van der Waals surface area contributed by atoms with Crippen LogP contribution in [0.1, 0.15) is 51.4 Å². The molecule has 5 nitrogen and oxygen atoms in total. The molecule has 1 aliphatic heterocycles. The molecule has 1 atom stereocenters. The maximum atomic E-state index is 9.37. The molecule has 0 bridgehead atoms. The van der Waals surface area contributed by atoms with Crippen molar-refractivity contribution < 1.29 is 5.11 Å². The lowest BCUT2D eigenvalue weighted by molar-refractivity contribution is 0.244. The maximum absolute atomic E-state index is 9.37. The fourth-order valence-corrected chi connectivity index (χ4v) is 5.03. The molecule has 1 unspecified atom stereocenters. The Labute approximate surface area is 188 Å². The summed E-state index contributed by atoms with van der Waals surface area (Å²) in [6.45, 7) is 12.6. The van der Waals surface area contributed by atoms with E-state index >= 15 is 0 Å². The Morgan fingerprint density at radius 3 is 2.70 bits per heavy atom. The van der Waals surface area contributed by atoms with Crippen LogP contribution in [0.4, 0.5) is 5.82 Å². The molecule has 0 saturated carbocycles. The van der Waals surface area contributed by atoms with Crippen molar-refractivity contribution in [3.63, 3.8) is 0 Å². The standard InChI is InChI=1S/C24H33BrN4O/c1-16(2)11-21(25)12-17(3)13-29-14-18(4)22-23(26-19(5)27-24(22)29)28-9-6-7-20(15-28)8-10-30/h11-14,20,30H,6-10,15H2,1-5H3/b17-13+,21-12+. The molecule has 30 heavy (non-hydrogen) atoms. The third-order valence-corrected chi connectivity index (χ3v) is 5.90. The molecular weight excluding hydrogens is 440 g/mol. The molecule has 1 N–H and O–H groups in total. The van der Waals surface area contributed by atoms with Crippen molar-refractivity contribution in [1.29, 1.82) is 0 Å². The number of aliphatic hydroxyl groups excluding tert-OH is 1. The summed E-state index contributed by atoms with van der Waals surface area (Å²) in [5.74, 6) is 2.34. The van der Waals surface area contributed by atoms with E-state index in [0.29, 0.717) is 5.92 Å².